The van der Waals surface area contributed by atoms with E-state index in [1.807, 2.05) is 0 Å². The minimum atomic E-state index is -0.891. The molecule has 4 nitrogen and oxygen atoms in total. The van der Waals surface area contributed by atoms with Crippen LogP contribution in [0, 0.1) is 11.6 Å². The number of anilines is 1. The summed E-state index contributed by atoms with van der Waals surface area (Å²) in [6.07, 6.45) is 1.47. The van der Waals surface area contributed by atoms with Crippen molar-refractivity contribution in [1.82, 2.24) is 4.90 Å². The summed E-state index contributed by atoms with van der Waals surface area (Å²) in [7, 11) is 0. The minimum absolute atomic E-state index is 0.151. The fourth-order valence-corrected chi connectivity index (χ4v) is 3.06. The summed E-state index contributed by atoms with van der Waals surface area (Å²) < 4.78 is 32.0. The van der Waals surface area contributed by atoms with E-state index in [9.17, 15) is 13.6 Å². The zero-order chi connectivity index (χ0) is 18.5. The molecular weight excluding hydrogens is 362 g/mol. The largest absolute Gasteiger partial charge is 0.372 e. The summed E-state index contributed by atoms with van der Waals surface area (Å²) in [5.74, 6) is -1.77. The van der Waals surface area contributed by atoms with Gasteiger partial charge in [-0.1, -0.05) is 23.7 Å². The molecule has 1 unspecified atom stereocenters. The Bertz CT molecular complexity index is 788. The Morgan fingerprint density at radius 1 is 1.23 bits per heavy atom. The molecule has 26 heavy (non-hydrogen) atoms. The van der Waals surface area contributed by atoms with Gasteiger partial charge in [0.2, 0.25) is 0 Å². The molecule has 2 aromatic rings. The predicted octanol–water partition coefficient (Wildman–Crippen LogP) is 4.83. The van der Waals surface area contributed by atoms with Crippen LogP contribution >= 0.6 is 11.6 Å². The van der Waals surface area contributed by atoms with Crippen LogP contribution in [0.3, 0.4) is 0 Å². The Morgan fingerprint density at radius 3 is 2.85 bits per heavy atom. The highest BCUT2D eigenvalue weighted by Crippen LogP contribution is 2.19. The molecule has 0 radical (unpaired) electrons. The Balaban J connectivity index is 1.53. The molecule has 1 aliphatic heterocycles. The molecule has 0 aromatic heterocycles. The third kappa shape index (κ3) is 4.93. The number of hydrogen-bond donors (Lipinski definition) is 1. The Labute approximate surface area is 155 Å². The summed E-state index contributed by atoms with van der Waals surface area (Å²) in [4.78, 5) is 14.1. The van der Waals surface area contributed by atoms with E-state index in [2.05, 4.69) is 5.32 Å². The number of benzene rings is 2. The molecule has 2 aromatic carbocycles. The van der Waals surface area contributed by atoms with E-state index in [1.165, 1.54) is 6.07 Å². The number of carbonyl (C=O) groups is 1. The van der Waals surface area contributed by atoms with Gasteiger partial charge in [-0.3, -0.25) is 0 Å². The summed E-state index contributed by atoms with van der Waals surface area (Å²) >= 11 is 5.92. The van der Waals surface area contributed by atoms with E-state index in [0.29, 0.717) is 29.4 Å². The number of nitrogens with zero attached hydrogens (tertiary/aromatic N) is 1. The first-order valence-electron chi connectivity index (χ1n) is 8.38. The molecule has 0 saturated carbocycles. The SMILES string of the molecule is O=C(Nc1cccc(Cl)c1)N1CCCC(OCc2ccc(F)c(F)c2)C1. The van der Waals surface area contributed by atoms with E-state index in [1.54, 1.807) is 29.2 Å². The standard InChI is InChI=1S/C19H19ClF2N2O2/c20-14-3-1-4-15(10-14)23-19(25)24-8-2-5-16(11-24)26-12-13-6-7-17(21)18(22)9-13/h1,3-4,6-7,9-10,16H,2,5,8,11-12H2,(H,23,25). The topological polar surface area (TPSA) is 41.6 Å². The number of likely N-dealkylation sites (tertiary alicyclic amines) is 1. The third-order valence-corrected chi connectivity index (χ3v) is 4.45. The van der Waals surface area contributed by atoms with Gasteiger partial charge in [-0.2, -0.15) is 0 Å². The van der Waals surface area contributed by atoms with Gasteiger partial charge in [0.1, 0.15) is 0 Å². The van der Waals surface area contributed by atoms with Crippen LogP contribution < -0.4 is 5.32 Å². The molecule has 1 heterocycles. The maximum Gasteiger partial charge on any atom is 0.321 e. The van der Waals surface area contributed by atoms with Gasteiger partial charge in [0.05, 0.1) is 12.7 Å². The molecule has 138 valence electrons. The predicted molar refractivity (Wildman–Crippen MR) is 96.2 cm³/mol. The monoisotopic (exact) mass is 380 g/mol. The van der Waals surface area contributed by atoms with Gasteiger partial charge in [0, 0.05) is 23.8 Å². The highest BCUT2D eigenvalue weighted by atomic mass is 35.5. The van der Waals surface area contributed by atoms with Crippen molar-refractivity contribution in [2.24, 2.45) is 0 Å². The van der Waals surface area contributed by atoms with E-state index in [0.717, 1.165) is 25.0 Å². The van der Waals surface area contributed by atoms with Gasteiger partial charge in [0.15, 0.2) is 11.6 Å². The van der Waals surface area contributed by atoms with Crippen LogP contribution in [-0.2, 0) is 11.3 Å². The Morgan fingerprint density at radius 2 is 2.08 bits per heavy atom. The van der Waals surface area contributed by atoms with Crippen LogP contribution in [0.2, 0.25) is 5.02 Å². The Hall–Kier alpha value is -2.18. The van der Waals surface area contributed by atoms with Crippen LogP contribution in [0.4, 0.5) is 19.3 Å². The summed E-state index contributed by atoms with van der Waals surface area (Å²) in [6, 6.07) is 10.4. The lowest BCUT2D eigenvalue weighted by atomic mass is 10.1. The third-order valence-electron chi connectivity index (χ3n) is 4.21. The van der Waals surface area contributed by atoms with E-state index in [-0.39, 0.29) is 18.7 Å². The highest BCUT2D eigenvalue weighted by Gasteiger charge is 2.24. The number of ether oxygens (including phenoxy) is 1. The van der Waals surface area contributed by atoms with Gasteiger partial charge >= 0.3 is 6.03 Å². The van der Waals surface area contributed by atoms with Crippen molar-refractivity contribution in [2.45, 2.75) is 25.6 Å². The number of rotatable bonds is 4. The fraction of sp³-hybridized carbons (Fsp3) is 0.316. The van der Waals surface area contributed by atoms with Crippen LogP contribution in [0.25, 0.3) is 0 Å². The first kappa shape index (κ1) is 18.6. The number of hydrogen-bond acceptors (Lipinski definition) is 2. The van der Waals surface area contributed by atoms with Crippen molar-refractivity contribution in [2.75, 3.05) is 18.4 Å². The van der Waals surface area contributed by atoms with E-state index in [4.69, 9.17) is 16.3 Å². The first-order chi connectivity index (χ1) is 12.5. The molecular formula is C19H19ClF2N2O2. The molecule has 1 atom stereocenters. The average molecular weight is 381 g/mol. The van der Waals surface area contributed by atoms with Crippen molar-refractivity contribution in [1.29, 1.82) is 0 Å². The molecule has 1 fully saturated rings. The van der Waals surface area contributed by atoms with Crippen molar-refractivity contribution < 1.29 is 18.3 Å². The zero-order valence-electron chi connectivity index (χ0n) is 14.1. The Kier molecular flexibility index (Phi) is 6.06. The van der Waals surface area contributed by atoms with Crippen LogP contribution in [0.15, 0.2) is 42.5 Å². The number of amides is 2. The summed E-state index contributed by atoms with van der Waals surface area (Å²) in [6.45, 7) is 1.25. The molecule has 7 heteroatoms. The van der Waals surface area contributed by atoms with Crippen LogP contribution in [0.5, 0.6) is 0 Å². The van der Waals surface area contributed by atoms with Crippen LogP contribution in [0.1, 0.15) is 18.4 Å². The summed E-state index contributed by atoms with van der Waals surface area (Å²) in [5, 5.41) is 3.37. The average Bonchev–Trinajstić information content (AvgIpc) is 2.63. The molecule has 0 bridgehead atoms. The van der Waals surface area contributed by atoms with Gasteiger partial charge in [-0.15, -0.1) is 0 Å². The van der Waals surface area contributed by atoms with Crippen molar-refractivity contribution in [3.8, 4) is 0 Å². The number of nitrogens with one attached hydrogen (secondary N) is 1. The van der Waals surface area contributed by atoms with Gasteiger partial charge < -0.3 is 15.0 Å². The molecule has 3 rings (SSSR count). The number of piperidine rings is 1. The maximum atomic E-state index is 13.2. The molecule has 0 spiro atoms. The second-order valence-corrected chi connectivity index (χ2v) is 6.65. The summed E-state index contributed by atoms with van der Waals surface area (Å²) in [5.41, 5.74) is 1.19. The van der Waals surface area contributed by atoms with Crippen molar-refractivity contribution in [3.05, 3.63) is 64.7 Å². The van der Waals surface area contributed by atoms with Gasteiger partial charge in [-0.05, 0) is 48.7 Å². The zero-order valence-corrected chi connectivity index (χ0v) is 14.8. The molecule has 0 aliphatic carbocycles. The van der Waals surface area contributed by atoms with Crippen molar-refractivity contribution >= 4 is 23.3 Å². The minimum Gasteiger partial charge on any atom is -0.372 e. The second-order valence-electron chi connectivity index (χ2n) is 6.21. The maximum absolute atomic E-state index is 13.2. The lowest BCUT2D eigenvalue weighted by Crippen LogP contribution is -2.45. The number of halogens is 3. The first-order valence-corrected chi connectivity index (χ1v) is 8.76. The second kappa shape index (κ2) is 8.47. The molecule has 1 N–H and O–H groups in total. The van der Waals surface area contributed by atoms with Gasteiger partial charge in [-0.25, -0.2) is 13.6 Å². The fourth-order valence-electron chi connectivity index (χ4n) is 2.87. The highest BCUT2D eigenvalue weighted by molar-refractivity contribution is 6.30. The lowest BCUT2D eigenvalue weighted by Gasteiger charge is -2.32. The van der Waals surface area contributed by atoms with Gasteiger partial charge in [0.25, 0.3) is 0 Å². The van der Waals surface area contributed by atoms with E-state index < -0.39 is 11.6 Å². The van der Waals surface area contributed by atoms with E-state index >= 15 is 0 Å². The normalized spacial score (nSPS) is 17.2. The molecule has 2 amide bonds. The number of carbonyl (C=O) groups excluding carboxylic acids is 1. The van der Waals surface area contributed by atoms with Crippen LogP contribution in [-0.4, -0.2) is 30.1 Å². The molecule has 1 aliphatic rings. The molecule has 1 saturated heterocycles. The lowest BCUT2D eigenvalue weighted by molar-refractivity contribution is 0.000903. The number of urea groups is 1. The quantitative estimate of drug-likeness (QED) is 0.825. The van der Waals surface area contributed by atoms with Crippen molar-refractivity contribution in [3.63, 3.8) is 0 Å². The smallest absolute Gasteiger partial charge is 0.321 e.